The van der Waals surface area contributed by atoms with Crippen LogP contribution in [0, 0.1) is 5.92 Å². The van der Waals surface area contributed by atoms with Crippen molar-refractivity contribution in [3.8, 4) is 0 Å². The van der Waals surface area contributed by atoms with E-state index in [1.807, 2.05) is 36.1 Å². The molecule has 0 radical (unpaired) electrons. The number of carboxylic acid groups (broad SMARTS) is 1. The number of benzene rings is 1. The number of carboxylic acids is 1. The van der Waals surface area contributed by atoms with Gasteiger partial charge >= 0.3 is 5.97 Å². The van der Waals surface area contributed by atoms with Crippen molar-refractivity contribution in [1.29, 1.82) is 0 Å². The maximum Gasteiger partial charge on any atom is 0.325 e. The zero-order valence-corrected chi connectivity index (χ0v) is 13.8. The summed E-state index contributed by atoms with van der Waals surface area (Å²) in [5.74, 6) is -0.357. The maximum absolute atomic E-state index is 12.0. The van der Waals surface area contributed by atoms with E-state index in [-0.39, 0.29) is 6.10 Å². The average Bonchev–Trinajstić information content (AvgIpc) is 3.00. The van der Waals surface area contributed by atoms with Crippen molar-refractivity contribution in [1.82, 2.24) is 4.90 Å². The van der Waals surface area contributed by atoms with Crippen molar-refractivity contribution in [2.45, 2.75) is 45.8 Å². The summed E-state index contributed by atoms with van der Waals surface area (Å²) in [5, 5.41) is 9.83. The van der Waals surface area contributed by atoms with Gasteiger partial charge < -0.3 is 9.84 Å². The highest BCUT2D eigenvalue weighted by Gasteiger charge is 2.31. The molecule has 0 amide bonds. The molecule has 4 heteroatoms. The topological polar surface area (TPSA) is 49.8 Å². The van der Waals surface area contributed by atoms with Crippen LogP contribution in [-0.2, 0) is 9.53 Å². The van der Waals surface area contributed by atoms with Gasteiger partial charge in [-0.05, 0) is 36.4 Å². The Morgan fingerprint density at radius 2 is 2.14 bits per heavy atom. The molecule has 1 aromatic rings. The summed E-state index contributed by atoms with van der Waals surface area (Å²) in [4.78, 5) is 14.0. The van der Waals surface area contributed by atoms with E-state index in [4.69, 9.17) is 4.74 Å². The maximum atomic E-state index is 12.0. The van der Waals surface area contributed by atoms with Crippen LogP contribution in [0.3, 0.4) is 0 Å². The molecule has 1 saturated heterocycles. The average molecular weight is 305 g/mol. The van der Waals surface area contributed by atoms with Crippen LogP contribution in [-0.4, -0.2) is 35.7 Å². The molecule has 22 heavy (non-hydrogen) atoms. The molecular weight excluding hydrogens is 278 g/mol. The molecular formula is C18H27NO3. The first-order valence-corrected chi connectivity index (χ1v) is 8.21. The first-order valence-electron chi connectivity index (χ1n) is 8.21. The molecule has 0 spiro atoms. The molecule has 1 N–H and O–H groups in total. The lowest BCUT2D eigenvalue weighted by molar-refractivity contribution is -0.143. The van der Waals surface area contributed by atoms with Crippen LogP contribution in [0.1, 0.15) is 56.9 Å². The van der Waals surface area contributed by atoms with Crippen molar-refractivity contribution in [2.24, 2.45) is 5.92 Å². The first-order chi connectivity index (χ1) is 10.5. The van der Waals surface area contributed by atoms with Crippen LogP contribution in [0.5, 0.6) is 0 Å². The molecule has 122 valence electrons. The van der Waals surface area contributed by atoms with E-state index in [1.165, 1.54) is 0 Å². The Morgan fingerprint density at radius 3 is 2.68 bits per heavy atom. The summed E-state index contributed by atoms with van der Waals surface area (Å²) in [6.07, 6.45) is 2.05. The van der Waals surface area contributed by atoms with E-state index in [1.54, 1.807) is 0 Å². The van der Waals surface area contributed by atoms with Gasteiger partial charge in [0.2, 0.25) is 0 Å². The smallest absolute Gasteiger partial charge is 0.325 e. The van der Waals surface area contributed by atoms with Gasteiger partial charge in [0.15, 0.2) is 0 Å². The highest BCUT2D eigenvalue weighted by Crippen LogP contribution is 2.35. The van der Waals surface area contributed by atoms with Gasteiger partial charge in [-0.25, -0.2) is 0 Å². The van der Waals surface area contributed by atoms with E-state index in [0.717, 1.165) is 43.7 Å². The fourth-order valence-corrected chi connectivity index (χ4v) is 3.25. The Bertz CT molecular complexity index is 495. The summed E-state index contributed by atoms with van der Waals surface area (Å²) < 4.78 is 5.79. The summed E-state index contributed by atoms with van der Waals surface area (Å²) in [6.45, 7) is 8.51. The number of rotatable bonds is 7. The molecule has 1 aliphatic heterocycles. The standard InChI is InChI=1S/C18H27NO3/c1-4-19(12-13(2)3)17(18(20)21)15-9-6-5-8-14(15)16-10-7-11-22-16/h5-6,8-9,13,16-17H,4,7,10-12H2,1-3H3,(H,20,21). The molecule has 4 nitrogen and oxygen atoms in total. The summed E-state index contributed by atoms with van der Waals surface area (Å²) >= 11 is 0. The lowest BCUT2D eigenvalue weighted by Crippen LogP contribution is -2.37. The summed E-state index contributed by atoms with van der Waals surface area (Å²) in [6, 6.07) is 7.25. The molecule has 2 rings (SSSR count). The van der Waals surface area contributed by atoms with Gasteiger partial charge in [0, 0.05) is 13.2 Å². The normalized spacial score (nSPS) is 19.8. The van der Waals surface area contributed by atoms with Crippen LogP contribution >= 0.6 is 0 Å². The van der Waals surface area contributed by atoms with Crippen molar-refractivity contribution >= 4 is 5.97 Å². The van der Waals surface area contributed by atoms with Gasteiger partial charge in [-0.3, -0.25) is 9.69 Å². The third kappa shape index (κ3) is 3.87. The van der Waals surface area contributed by atoms with E-state index >= 15 is 0 Å². The Morgan fingerprint density at radius 1 is 1.41 bits per heavy atom. The van der Waals surface area contributed by atoms with Crippen LogP contribution in [0.15, 0.2) is 24.3 Å². The fraction of sp³-hybridized carbons (Fsp3) is 0.611. The zero-order chi connectivity index (χ0) is 16.1. The minimum Gasteiger partial charge on any atom is -0.480 e. The SMILES string of the molecule is CCN(CC(C)C)C(C(=O)O)c1ccccc1C1CCCO1. The number of carbonyl (C=O) groups is 1. The van der Waals surface area contributed by atoms with Crippen molar-refractivity contribution in [3.63, 3.8) is 0 Å². The minimum absolute atomic E-state index is 0.0378. The minimum atomic E-state index is -0.784. The van der Waals surface area contributed by atoms with Crippen molar-refractivity contribution in [3.05, 3.63) is 35.4 Å². The van der Waals surface area contributed by atoms with E-state index < -0.39 is 12.0 Å². The number of hydrogen-bond acceptors (Lipinski definition) is 3. The quantitative estimate of drug-likeness (QED) is 0.835. The highest BCUT2D eigenvalue weighted by molar-refractivity contribution is 5.76. The van der Waals surface area contributed by atoms with Gasteiger partial charge in [0.25, 0.3) is 0 Å². The number of likely N-dealkylation sites (N-methyl/N-ethyl adjacent to an activating group) is 1. The van der Waals surface area contributed by atoms with Gasteiger partial charge in [-0.15, -0.1) is 0 Å². The highest BCUT2D eigenvalue weighted by atomic mass is 16.5. The third-order valence-corrected chi connectivity index (χ3v) is 4.17. The molecule has 0 saturated carbocycles. The Labute approximate surface area is 133 Å². The second kappa shape index (κ2) is 7.75. The third-order valence-electron chi connectivity index (χ3n) is 4.17. The summed E-state index contributed by atoms with van der Waals surface area (Å²) in [5.41, 5.74) is 1.92. The molecule has 0 bridgehead atoms. The number of ether oxygens (including phenoxy) is 1. The predicted molar refractivity (Wildman–Crippen MR) is 86.8 cm³/mol. The van der Waals surface area contributed by atoms with Gasteiger partial charge in [0.1, 0.15) is 6.04 Å². The van der Waals surface area contributed by atoms with E-state index in [0.29, 0.717) is 5.92 Å². The molecule has 1 aromatic carbocycles. The largest absolute Gasteiger partial charge is 0.480 e. The molecule has 1 heterocycles. The first kappa shape index (κ1) is 17.0. The number of hydrogen-bond donors (Lipinski definition) is 1. The van der Waals surface area contributed by atoms with Crippen molar-refractivity contribution in [2.75, 3.05) is 19.7 Å². The number of aliphatic carboxylic acids is 1. The van der Waals surface area contributed by atoms with Crippen LogP contribution < -0.4 is 0 Å². The molecule has 2 atom stereocenters. The lowest BCUT2D eigenvalue weighted by Gasteiger charge is -2.31. The Hall–Kier alpha value is -1.39. The molecule has 0 aromatic heterocycles. The second-order valence-electron chi connectivity index (χ2n) is 6.35. The van der Waals surface area contributed by atoms with Crippen LogP contribution in [0.2, 0.25) is 0 Å². The van der Waals surface area contributed by atoms with Gasteiger partial charge in [0.05, 0.1) is 6.10 Å². The molecule has 1 aliphatic rings. The lowest BCUT2D eigenvalue weighted by atomic mass is 9.93. The molecule has 2 unspecified atom stereocenters. The zero-order valence-electron chi connectivity index (χ0n) is 13.8. The van der Waals surface area contributed by atoms with Gasteiger partial charge in [-0.1, -0.05) is 45.0 Å². The van der Waals surface area contributed by atoms with Gasteiger partial charge in [-0.2, -0.15) is 0 Å². The monoisotopic (exact) mass is 305 g/mol. The predicted octanol–water partition coefficient (Wildman–Crippen LogP) is 3.64. The number of nitrogens with zero attached hydrogens (tertiary/aromatic N) is 1. The molecule has 0 aliphatic carbocycles. The Kier molecular flexibility index (Phi) is 5.98. The second-order valence-corrected chi connectivity index (χ2v) is 6.35. The molecule has 1 fully saturated rings. The van der Waals surface area contributed by atoms with Crippen LogP contribution in [0.4, 0.5) is 0 Å². The Balaban J connectivity index is 2.37. The van der Waals surface area contributed by atoms with E-state index in [9.17, 15) is 9.90 Å². The summed E-state index contributed by atoms with van der Waals surface area (Å²) in [7, 11) is 0. The van der Waals surface area contributed by atoms with E-state index in [2.05, 4.69) is 13.8 Å². The van der Waals surface area contributed by atoms with Crippen LogP contribution in [0.25, 0.3) is 0 Å². The van der Waals surface area contributed by atoms with Crippen molar-refractivity contribution < 1.29 is 14.6 Å². The fourth-order valence-electron chi connectivity index (χ4n) is 3.25.